The largest absolute Gasteiger partial charge is 0.370 e. The number of nitrogens with two attached hydrogens (primary N) is 1. The second-order valence-electron chi connectivity index (χ2n) is 6.11. The number of carbonyl (C=O) groups excluding carboxylic acids is 1. The van der Waals surface area contributed by atoms with Crippen LogP contribution in [0.2, 0.25) is 0 Å². The summed E-state index contributed by atoms with van der Waals surface area (Å²) in [5, 5.41) is 0. The van der Waals surface area contributed by atoms with Gasteiger partial charge < -0.3 is 5.73 Å². The van der Waals surface area contributed by atoms with Crippen LogP contribution in [-0.2, 0) is 4.79 Å². The van der Waals surface area contributed by atoms with E-state index in [2.05, 4.69) is 32.6 Å². The van der Waals surface area contributed by atoms with Crippen molar-refractivity contribution in [2.75, 3.05) is 13.1 Å². The monoisotopic (exact) mass is 212 g/mol. The fraction of sp³-hybridized carbons (Fsp3) is 0.917. The second kappa shape index (κ2) is 4.12. The summed E-state index contributed by atoms with van der Waals surface area (Å²) in [6, 6.07) is 0. The van der Waals surface area contributed by atoms with Crippen molar-refractivity contribution in [1.82, 2.24) is 4.90 Å². The molecule has 0 saturated carbocycles. The number of nitrogens with zero attached hydrogens (tertiary/aromatic N) is 1. The van der Waals surface area contributed by atoms with E-state index >= 15 is 0 Å². The van der Waals surface area contributed by atoms with Gasteiger partial charge >= 0.3 is 0 Å². The first kappa shape index (κ1) is 12.5. The molecule has 1 heterocycles. The van der Waals surface area contributed by atoms with Gasteiger partial charge in [-0.25, -0.2) is 0 Å². The standard InChI is InChI=1S/C12H24N2O/c1-11(2,3)14-7-5-12(4,6-8-14)9-10(13)15/h5-9H2,1-4H3,(H2,13,15). The molecule has 3 nitrogen and oxygen atoms in total. The summed E-state index contributed by atoms with van der Waals surface area (Å²) < 4.78 is 0. The number of rotatable bonds is 2. The minimum atomic E-state index is -0.165. The predicted octanol–water partition coefficient (Wildman–Crippen LogP) is 1.76. The summed E-state index contributed by atoms with van der Waals surface area (Å²) in [7, 11) is 0. The molecule has 0 bridgehead atoms. The van der Waals surface area contributed by atoms with E-state index in [4.69, 9.17) is 5.73 Å². The molecule has 1 aliphatic rings. The van der Waals surface area contributed by atoms with E-state index in [1.54, 1.807) is 0 Å². The molecule has 1 fully saturated rings. The zero-order valence-electron chi connectivity index (χ0n) is 10.5. The van der Waals surface area contributed by atoms with Gasteiger partial charge in [-0.1, -0.05) is 6.92 Å². The topological polar surface area (TPSA) is 46.3 Å². The number of hydrogen-bond donors (Lipinski definition) is 1. The van der Waals surface area contributed by atoms with Gasteiger partial charge in [0.25, 0.3) is 0 Å². The van der Waals surface area contributed by atoms with Crippen LogP contribution in [0.15, 0.2) is 0 Å². The van der Waals surface area contributed by atoms with Gasteiger partial charge in [-0.15, -0.1) is 0 Å². The van der Waals surface area contributed by atoms with Crippen LogP contribution >= 0.6 is 0 Å². The fourth-order valence-corrected chi connectivity index (χ4v) is 2.31. The zero-order chi connectivity index (χ0) is 11.7. The van der Waals surface area contributed by atoms with E-state index < -0.39 is 0 Å². The summed E-state index contributed by atoms with van der Waals surface area (Å²) in [5.41, 5.74) is 5.65. The molecule has 2 N–H and O–H groups in total. The molecular formula is C12H24N2O. The molecule has 0 aliphatic carbocycles. The van der Waals surface area contributed by atoms with Crippen molar-refractivity contribution >= 4 is 5.91 Å². The smallest absolute Gasteiger partial charge is 0.217 e. The van der Waals surface area contributed by atoms with E-state index in [0.717, 1.165) is 25.9 Å². The molecule has 1 rings (SSSR count). The SMILES string of the molecule is CC1(CC(N)=O)CCN(C(C)(C)C)CC1. The molecule has 0 aromatic rings. The van der Waals surface area contributed by atoms with Crippen LogP contribution in [0.4, 0.5) is 0 Å². The Balaban J connectivity index is 2.51. The van der Waals surface area contributed by atoms with Gasteiger partial charge in [0, 0.05) is 12.0 Å². The fourth-order valence-electron chi connectivity index (χ4n) is 2.31. The van der Waals surface area contributed by atoms with Crippen molar-refractivity contribution in [1.29, 1.82) is 0 Å². The number of amides is 1. The van der Waals surface area contributed by atoms with Crippen LogP contribution in [-0.4, -0.2) is 29.4 Å². The van der Waals surface area contributed by atoms with Crippen molar-refractivity contribution in [3.63, 3.8) is 0 Å². The normalized spacial score (nSPS) is 22.7. The molecule has 0 aromatic carbocycles. The molecule has 3 heteroatoms. The Bertz CT molecular complexity index is 234. The Hall–Kier alpha value is -0.570. The lowest BCUT2D eigenvalue weighted by atomic mass is 9.76. The summed E-state index contributed by atoms with van der Waals surface area (Å²) in [6.07, 6.45) is 2.69. The minimum Gasteiger partial charge on any atom is -0.370 e. The average molecular weight is 212 g/mol. The van der Waals surface area contributed by atoms with Crippen LogP contribution in [0, 0.1) is 5.41 Å². The average Bonchev–Trinajstić information content (AvgIpc) is 2.00. The lowest BCUT2D eigenvalue weighted by molar-refractivity contribution is -0.121. The van der Waals surface area contributed by atoms with Crippen molar-refractivity contribution in [3.05, 3.63) is 0 Å². The molecule has 0 radical (unpaired) electrons. The van der Waals surface area contributed by atoms with Crippen LogP contribution in [0.5, 0.6) is 0 Å². The predicted molar refractivity (Wildman–Crippen MR) is 62.5 cm³/mol. The van der Waals surface area contributed by atoms with Crippen molar-refractivity contribution < 1.29 is 4.79 Å². The molecule has 0 atom stereocenters. The lowest BCUT2D eigenvalue weighted by Gasteiger charge is -2.44. The Labute approximate surface area is 93.0 Å². The van der Waals surface area contributed by atoms with E-state index in [1.165, 1.54) is 0 Å². The number of piperidine rings is 1. The maximum atomic E-state index is 11.0. The minimum absolute atomic E-state index is 0.133. The zero-order valence-corrected chi connectivity index (χ0v) is 10.5. The first-order chi connectivity index (χ1) is 6.73. The van der Waals surface area contributed by atoms with Crippen molar-refractivity contribution in [2.45, 2.75) is 52.5 Å². The van der Waals surface area contributed by atoms with Crippen molar-refractivity contribution in [3.8, 4) is 0 Å². The molecular weight excluding hydrogens is 188 g/mol. The van der Waals surface area contributed by atoms with Crippen LogP contribution < -0.4 is 5.73 Å². The second-order valence-corrected chi connectivity index (χ2v) is 6.11. The first-order valence-corrected chi connectivity index (χ1v) is 5.76. The maximum Gasteiger partial charge on any atom is 0.217 e. The molecule has 15 heavy (non-hydrogen) atoms. The van der Waals surface area contributed by atoms with Gasteiger partial charge in [-0.2, -0.15) is 0 Å². The first-order valence-electron chi connectivity index (χ1n) is 5.76. The van der Waals surface area contributed by atoms with Crippen LogP contribution in [0.25, 0.3) is 0 Å². The molecule has 0 spiro atoms. The highest BCUT2D eigenvalue weighted by molar-refractivity contribution is 5.74. The number of likely N-dealkylation sites (tertiary alicyclic amines) is 1. The van der Waals surface area contributed by atoms with E-state index in [1.807, 2.05) is 0 Å². The van der Waals surface area contributed by atoms with Crippen molar-refractivity contribution in [2.24, 2.45) is 11.1 Å². The highest BCUT2D eigenvalue weighted by Crippen LogP contribution is 2.36. The molecule has 88 valence electrons. The van der Waals surface area contributed by atoms with E-state index in [0.29, 0.717) is 6.42 Å². The van der Waals surface area contributed by atoms with Gasteiger partial charge in [0.1, 0.15) is 0 Å². The highest BCUT2D eigenvalue weighted by atomic mass is 16.1. The maximum absolute atomic E-state index is 11.0. The van der Waals surface area contributed by atoms with Crippen LogP contribution in [0.1, 0.15) is 47.0 Å². The number of primary amides is 1. The molecule has 1 saturated heterocycles. The summed E-state index contributed by atoms with van der Waals surface area (Å²) in [6.45, 7) is 11.1. The van der Waals surface area contributed by atoms with Gasteiger partial charge in [-0.3, -0.25) is 9.69 Å². The highest BCUT2D eigenvalue weighted by Gasteiger charge is 2.34. The number of carbonyl (C=O) groups is 1. The third-order valence-electron chi connectivity index (χ3n) is 3.52. The molecule has 0 aromatic heterocycles. The third-order valence-corrected chi connectivity index (χ3v) is 3.52. The van der Waals surface area contributed by atoms with Gasteiger partial charge in [0.15, 0.2) is 0 Å². The molecule has 0 unspecified atom stereocenters. The molecule has 1 amide bonds. The third kappa shape index (κ3) is 3.49. The van der Waals surface area contributed by atoms with Gasteiger partial charge in [-0.05, 0) is 52.1 Å². The Morgan fingerprint density at radius 3 is 2.13 bits per heavy atom. The summed E-state index contributed by atoms with van der Waals surface area (Å²) >= 11 is 0. The van der Waals surface area contributed by atoms with Gasteiger partial charge in [0.05, 0.1) is 0 Å². The lowest BCUT2D eigenvalue weighted by Crippen LogP contribution is -2.49. The molecule has 1 aliphatic heterocycles. The van der Waals surface area contributed by atoms with Gasteiger partial charge in [0.2, 0.25) is 5.91 Å². The Morgan fingerprint density at radius 2 is 1.80 bits per heavy atom. The van der Waals surface area contributed by atoms with Crippen LogP contribution in [0.3, 0.4) is 0 Å². The number of hydrogen-bond acceptors (Lipinski definition) is 2. The Morgan fingerprint density at radius 1 is 1.33 bits per heavy atom. The quantitative estimate of drug-likeness (QED) is 0.758. The summed E-state index contributed by atoms with van der Waals surface area (Å²) in [5.74, 6) is -0.165. The Kier molecular flexibility index (Phi) is 3.44. The van der Waals surface area contributed by atoms with E-state index in [-0.39, 0.29) is 16.9 Å². The summed E-state index contributed by atoms with van der Waals surface area (Å²) in [4.78, 5) is 13.4. The van der Waals surface area contributed by atoms with E-state index in [9.17, 15) is 4.79 Å².